The van der Waals surface area contributed by atoms with E-state index in [0.29, 0.717) is 12.0 Å². The molecular weight excluding hydrogens is 232 g/mol. The van der Waals surface area contributed by atoms with Crippen LogP contribution >= 0.6 is 0 Å². The lowest BCUT2D eigenvalue weighted by Gasteiger charge is -2.44. The maximum atomic E-state index is 4.31. The van der Waals surface area contributed by atoms with E-state index in [4.69, 9.17) is 0 Å². The number of hydrogen-bond acceptors (Lipinski definition) is 2. The van der Waals surface area contributed by atoms with Crippen molar-refractivity contribution in [3.05, 3.63) is 30.1 Å². The molecule has 1 saturated carbocycles. The van der Waals surface area contributed by atoms with E-state index in [9.17, 15) is 0 Å². The van der Waals surface area contributed by atoms with Crippen LogP contribution in [-0.2, 0) is 5.41 Å². The van der Waals surface area contributed by atoms with Gasteiger partial charge in [0.25, 0.3) is 0 Å². The molecule has 1 N–H and O–H groups in total. The molecule has 1 aromatic heterocycles. The zero-order valence-corrected chi connectivity index (χ0v) is 12.8. The molecule has 0 aromatic carbocycles. The second kappa shape index (κ2) is 6.04. The van der Waals surface area contributed by atoms with Crippen LogP contribution in [0.1, 0.15) is 52.5 Å². The Hall–Kier alpha value is -0.890. The molecule has 1 fully saturated rings. The Balaban J connectivity index is 2.22. The van der Waals surface area contributed by atoms with Crippen LogP contribution in [0, 0.1) is 11.8 Å². The van der Waals surface area contributed by atoms with E-state index in [-0.39, 0.29) is 5.41 Å². The highest BCUT2D eigenvalue weighted by Gasteiger charge is 2.39. The molecule has 0 saturated heterocycles. The zero-order chi connectivity index (χ0) is 13.9. The second-order valence-corrected chi connectivity index (χ2v) is 6.65. The standard InChI is InChI=1S/C17H28N2/c1-5-19-16-11-13(2)8-9-15(16)17(3,4)14-7-6-10-18-12-14/h6-7,10,12-13,15-16,19H,5,8-9,11H2,1-4H3. The maximum Gasteiger partial charge on any atom is 0.0305 e. The van der Waals surface area contributed by atoms with Crippen molar-refractivity contribution in [2.24, 2.45) is 11.8 Å². The topological polar surface area (TPSA) is 24.9 Å². The van der Waals surface area contributed by atoms with Crippen LogP contribution in [0.3, 0.4) is 0 Å². The lowest BCUT2D eigenvalue weighted by molar-refractivity contribution is 0.147. The predicted molar refractivity (Wildman–Crippen MR) is 81.2 cm³/mol. The monoisotopic (exact) mass is 260 g/mol. The summed E-state index contributed by atoms with van der Waals surface area (Å²) in [7, 11) is 0. The molecular formula is C17H28N2. The first-order valence-electron chi connectivity index (χ1n) is 7.69. The summed E-state index contributed by atoms with van der Waals surface area (Å²) in [5.41, 5.74) is 1.57. The average Bonchev–Trinajstić information content (AvgIpc) is 2.40. The first kappa shape index (κ1) is 14.5. The van der Waals surface area contributed by atoms with Crippen LogP contribution in [0.15, 0.2) is 24.5 Å². The van der Waals surface area contributed by atoms with Crippen molar-refractivity contribution in [3.63, 3.8) is 0 Å². The molecule has 0 amide bonds. The fourth-order valence-corrected chi connectivity index (χ4v) is 3.69. The third-order valence-electron chi connectivity index (χ3n) is 4.91. The van der Waals surface area contributed by atoms with Gasteiger partial charge in [0.05, 0.1) is 0 Å². The summed E-state index contributed by atoms with van der Waals surface area (Å²) >= 11 is 0. The number of pyridine rings is 1. The van der Waals surface area contributed by atoms with Gasteiger partial charge in [0.1, 0.15) is 0 Å². The van der Waals surface area contributed by atoms with Crippen molar-refractivity contribution < 1.29 is 0 Å². The van der Waals surface area contributed by atoms with Gasteiger partial charge in [-0.1, -0.05) is 40.2 Å². The highest BCUT2D eigenvalue weighted by atomic mass is 14.9. The molecule has 0 radical (unpaired) electrons. The van der Waals surface area contributed by atoms with Gasteiger partial charge in [-0.3, -0.25) is 4.98 Å². The minimum atomic E-state index is 0.196. The molecule has 2 nitrogen and oxygen atoms in total. The molecule has 1 heterocycles. The van der Waals surface area contributed by atoms with Gasteiger partial charge in [-0.2, -0.15) is 0 Å². The molecule has 0 bridgehead atoms. The highest BCUT2D eigenvalue weighted by molar-refractivity contribution is 5.22. The van der Waals surface area contributed by atoms with Crippen molar-refractivity contribution in [3.8, 4) is 0 Å². The van der Waals surface area contributed by atoms with E-state index in [0.717, 1.165) is 12.5 Å². The molecule has 0 spiro atoms. The van der Waals surface area contributed by atoms with Crippen LogP contribution in [-0.4, -0.2) is 17.6 Å². The number of aromatic nitrogens is 1. The summed E-state index contributed by atoms with van der Waals surface area (Å²) in [4.78, 5) is 4.31. The fraction of sp³-hybridized carbons (Fsp3) is 0.706. The van der Waals surface area contributed by atoms with E-state index in [2.05, 4.69) is 50.1 Å². The van der Waals surface area contributed by atoms with Crippen molar-refractivity contribution >= 4 is 0 Å². The van der Waals surface area contributed by atoms with Crippen LogP contribution in [0.2, 0.25) is 0 Å². The smallest absolute Gasteiger partial charge is 0.0305 e. The molecule has 1 aromatic rings. The first-order chi connectivity index (χ1) is 9.05. The van der Waals surface area contributed by atoms with Gasteiger partial charge >= 0.3 is 0 Å². The normalized spacial score (nSPS) is 28.3. The number of rotatable bonds is 4. The van der Waals surface area contributed by atoms with Crippen LogP contribution in [0.5, 0.6) is 0 Å². The Labute approximate surface area is 118 Å². The predicted octanol–water partition coefficient (Wildman–Crippen LogP) is 3.77. The largest absolute Gasteiger partial charge is 0.314 e. The maximum absolute atomic E-state index is 4.31. The van der Waals surface area contributed by atoms with E-state index >= 15 is 0 Å². The summed E-state index contributed by atoms with van der Waals surface area (Å²) in [6.07, 6.45) is 7.89. The van der Waals surface area contributed by atoms with E-state index in [1.165, 1.54) is 24.8 Å². The van der Waals surface area contributed by atoms with Gasteiger partial charge in [-0.15, -0.1) is 0 Å². The molecule has 1 aliphatic rings. The van der Waals surface area contributed by atoms with Crippen molar-refractivity contribution in [2.75, 3.05) is 6.54 Å². The minimum Gasteiger partial charge on any atom is -0.314 e. The molecule has 106 valence electrons. The number of nitrogens with one attached hydrogen (secondary N) is 1. The van der Waals surface area contributed by atoms with Gasteiger partial charge in [0, 0.05) is 18.4 Å². The molecule has 0 aliphatic heterocycles. The summed E-state index contributed by atoms with van der Waals surface area (Å²) in [6.45, 7) is 10.4. The van der Waals surface area contributed by atoms with Crippen molar-refractivity contribution in [2.45, 2.75) is 58.4 Å². The zero-order valence-electron chi connectivity index (χ0n) is 12.8. The molecule has 3 atom stereocenters. The minimum absolute atomic E-state index is 0.196. The van der Waals surface area contributed by atoms with Crippen LogP contribution in [0.25, 0.3) is 0 Å². The third-order valence-corrected chi connectivity index (χ3v) is 4.91. The Morgan fingerprint density at radius 1 is 1.37 bits per heavy atom. The molecule has 2 rings (SSSR count). The Bertz CT molecular complexity index is 386. The number of nitrogens with zero attached hydrogens (tertiary/aromatic N) is 1. The summed E-state index contributed by atoms with van der Waals surface area (Å²) in [5.74, 6) is 1.55. The summed E-state index contributed by atoms with van der Waals surface area (Å²) < 4.78 is 0. The Morgan fingerprint density at radius 2 is 2.16 bits per heavy atom. The second-order valence-electron chi connectivity index (χ2n) is 6.65. The lowest BCUT2D eigenvalue weighted by Crippen LogP contribution is -2.48. The van der Waals surface area contributed by atoms with E-state index in [1.54, 1.807) is 0 Å². The van der Waals surface area contributed by atoms with Crippen molar-refractivity contribution in [1.29, 1.82) is 0 Å². The van der Waals surface area contributed by atoms with Gasteiger partial charge in [-0.25, -0.2) is 0 Å². The van der Waals surface area contributed by atoms with Crippen LogP contribution < -0.4 is 5.32 Å². The summed E-state index contributed by atoms with van der Waals surface area (Å²) in [5, 5.41) is 3.72. The molecule has 2 heteroatoms. The molecule has 1 aliphatic carbocycles. The number of hydrogen-bond donors (Lipinski definition) is 1. The van der Waals surface area contributed by atoms with Gasteiger partial charge < -0.3 is 5.32 Å². The molecule has 19 heavy (non-hydrogen) atoms. The lowest BCUT2D eigenvalue weighted by atomic mass is 9.64. The summed E-state index contributed by atoms with van der Waals surface area (Å²) in [6, 6.07) is 4.93. The third kappa shape index (κ3) is 3.17. The Morgan fingerprint density at radius 3 is 2.79 bits per heavy atom. The highest BCUT2D eigenvalue weighted by Crippen LogP contribution is 2.42. The van der Waals surface area contributed by atoms with Gasteiger partial charge in [-0.05, 0) is 48.3 Å². The van der Waals surface area contributed by atoms with Crippen LogP contribution in [0.4, 0.5) is 0 Å². The first-order valence-corrected chi connectivity index (χ1v) is 7.69. The van der Waals surface area contributed by atoms with E-state index < -0.39 is 0 Å². The fourth-order valence-electron chi connectivity index (χ4n) is 3.69. The molecule has 3 unspecified atom stereocenters. The SMILES string of the molecule is CCNC1CC(C)CCC1C(C)(C)c1cccnc1. The Kier molecular flexibility index (Phi) is 4.62. The van der Waals surface area contributed by atoms with Gasteiger partial charge in [0.2, 0.25) is 0 Å². The quantitative estimate of drug-likeness (QED) is 0.891. The average molecular weight is 260 g/mol. The van der Waals surface area contributed by atoms with Gasteiger partial charge in [0.15, 0.2) is 0 Å². The van der Waals surface area contributed by atoms with Crippen molar-refractivity contribution in [1.82, 2.24) is 10.3 Å². The van der Waals surface area contributed by atoms with E-state index in [1.807, 2.05) is 12.4 Å².